The van der Waals surface area contributed by atoms with Gasteiger partial charge in [0.05, 0.1) is 17.6 Å². The summed E-state index contributed by atoms with van der Waals surface area (Å²) in [5, 5.41) is 4.10. The quantitative estimate of drug-likeness (QED) is 0.490. The van der Waals surface area contributed by atoms with Gasteiger partial charge in [-0.2, -0.15) is 0 Å². The molecule has 4 aromatic rings. The first kappa shape index (κ1) is 15.9. The summed E-state index contributed by atoms with van der Waals surface area (Å²) < 4.78 is 5.88. The number of para-hydroxylation sites is 2. The van der Waals surface area contributed by atoms with Gasteiger partial charge in [-0.15, -0.1) is 0 Å². The van der Waals surface area contributed by atoms with Gasteiger partial charge in [-0.25, -0.2) is 4.98 Å². The molecular weight excluding hydrogens is 334 g/mol. The Kier molecular flexibility index (Phi) is 4.55. The Morgan fingerprint density at radius 1 is 1.04 bits per heavy atom. The van der Waals surface area contributed by atoms with E-state index in [2.05, 4.69) is 15.3 Å². The minimum absolute atomic E-state index is 0.681. The van der Waals surface area contributed by atoms with E-state index in [1.165, 1.54) is 0 Å². The number of hydrogen-bond acceptors (Lipinski definition) is 3. The lowest BCUT2D eigenvalue weighted by atomic mass is 10.2. The van der Waals surface area contributed by atoms with Gasteiger partial charge >= 0.3 is 0 Å². The molecule has 4 nitrogen and oxygen atoms in total. The van der Waals surface area contributed by atoms with Crippen molar-refractivity contribution in [1.82, 2.24) is 15.3 Å². The minimum Gasteiger partial charge on any atom is -0.460 e. The van der Waals surface area contributed by atoms with Crippen LogP contribution >= 0.6 is 11.6 Å². The maximum absolute atomic E-state index is 6.03. The molecule has 0 spiro atoms. The second kappa shape index (κ2) is 7.13. The highest BCUT2D eigenvalue weighted by atomic mass is 35.5. The number of hydrogen-bond donors (Lipinski definition) is 2. The second-order valence-corrected chi connectivity index (χ2v) is 6.34. The van der Waals surface area contributed by atoms with Crippen LogP contribution < -0.4 is 5.32 Å². The topological polar surface area (TPSA) is 53.9 Å². The van der Waals surface area contributed by atoms with E-state index >= 15 is 0 Å². The highest BCUT2D eigenvalue weighted by Crippen LogP contribution is 2.24. The van der Waals surface area contributed by atoms with Crippen LogP contribution in [0.5, 0.6) is 0 Å². The molecule has 25 heavy (non-hydrogen) atoms. The van der Waals surface area contributed by atoms with Gasteiger partial charge in [0.2, 0.25) is 0 Å². The monoisotopic (exact) mass is 351 g/mol. The van der Waals surface area contributed by atoms with Crippen molar-refractivity contribution < 1.29 is 4.42 Å². The summed E-state index contributed by atoms with van der Waals surface area (Å²) >= 11 is 6.03. The molecule has 0 unspecified atom stereocenters. The first-order valence-electron chi connectivity index (χ1n) is 8.27. The molecular formula is C20H18ClN3O. The van der Waals surface area contributed by atoms with Crippen molar-refractivity contribution in [2.45, 2.75) is 13.0 Å². The fraction of sp³-hybridized carbons (Fsp3) is 0.150. The maximum atomic E-state index is 6.03. The van der Waals surface area contributed by atoms with Crippen molar-refractivity contribution >= 4 is 22.6 Å². The lowest BCUT2D eigenvalue weighted by molar-refractivity contribution is 0.494. The number of halogens is 1. The lowest BCUT2D eigenvalue weighted by Crippen LogP contribution is -2.16. The SMILES string of the molecule is Clc1cccc(-c2ccc(CNCCc3nc4ccccc4[nH]3)o2)c1. The molecule has 0 aliphatic carbocycles. The molecule has 2 aromatic carbocycles. The van der Waals surface area contributed by atoms with E-state index < -0.39 is 0 Å². The standard InChI is InChI=1S/C20H18ClN3O/c21-15-5-3-4-14(12-15)19-9-8-16(25-19)13-22-11-10-20-23-17-6-1-2-7-18(17)24-20/h1-9,12,22H,10-11,13H2,(H,23,24). The molecule has 0 amide bonds. The summed E-state index contributed by atoms with van der Waals surface area (Å²) in [6.45, 7) is 1.51. The van der Waals surface area contributed by atoms with Crippen LogP contribution in [-0.4, -0.2) is 16.5 Å². The van der Waals surface area contributed by atoms with Gasteiger partial charge in [0.25, 0.3) is 0 Å². The minimum atomic E-state index is 0.681. The zero-order valence-electron chi connectivity index (χ0n) is 13.6. The van der Waals surface area contributed by atoms with Crippen LogP contribution in [0.4, 0.5) is 0 Å². The van der Waals surface area contributed by atoms with Gasteiger partial charge in [-0.05, 0) is 36.4 Å². The van der Waals surface area contributed by atoms with E-state index in [4.69, 9.17) is 16.0 Å². The molecule has 0 fully saturated rings. The van der Waals surface area contributed by atoms with Crippen molar-refractivity contribution in [3.8, 4) is 11.3 Å². The molecule has 0 saturated carbocycles. The zero-order chi connectivity index (χ0) is 17.1. The number of aromatic nitrogens is 2. The number of H-pyrrole nitrogens is 1. The number of aromatic amines is 1. The Hall–Kier alpha value is -2.56. The first-order valence-corrected chi connectivity index (χ1v) is 8.65. The van der Waals surface area contributed by atoms with Crippen molar-refractivity contribution in [1.29, 1.82) is 0 Å². The largest absolute Gasteiger partial charge is 0.460 e. The molecule has 2 N–H and O–H groups in total. The van der Waals surface area contributed by atoms with Crippen LogP contribution in [0, 0.1) is 0 Å². The summed E-state index contributed by atoms with van der Waals surface area (Å²) in [4.78, 5) is 7.92. The Labute approximate surface area is 150 Å². The molecule has 0 aliphatic heterocycles. The molecule has 4 rings (SSSR count). The van der Waals surface area contributed by atoms with Crippen molar-refractivity contribution in [2.24, 2.45) is 0 Å². The molecule has 0 saturated heterocycles. The number of benzene rings is 2. The molecule has 0 radical (unpaired) electrons. The van der Waals surface area contributed by atoms with Gasteiger partial charge in [-0.3, -0.25) is 0 Å². The number of rotatable bonds is 6. The normalized spacial score (nSPS) is 11.2. The number of nitrogens with one attached hydrogen (secondary N) is 2. The maximum Gasteiger partial charge on any atom is 0.134 e. The van der Waals surface area contributed by atoms with Crippen molar-refractivity contribution in [2.75, 3.05) is 6.54 Å². The van der Waals surface area contributed by atoms with Crippen LogP contribution in [0.1, 0.15) is 11.6 Å². The van der Waals surface area contributed by atoms with E-state index in [0.717, 1.165) is 46.9 Å². The third-order valence-electron chi connectivity index (χ3n) is 4.05. The van der Waals surface area contributed by atoms with Gasteiger partial charge in [0.1, 0.15) is 17.3 Å². The van der Waals surface area contributed by atoms with E-state index in [9.17, 15) is 0 Å². The molecule has 0 atom stereocenters. The van der Waals surface area contributed by atoms with Crippen LogP contribution in [-0.2, 0) is 13.0 Å². The Balaban J connectivity index is 1.31. The van der Waals surface area contributed by atoms with Crippen LogP contribution in [0.15, 0.2) is 65.1 Å². The third-order valence-corrected chi connectivity index (χ3v) is 4.28. The highest BCUT2D eigenvalue weighted by molar-refractivity contribution is 6.30. The van der Waals surface area contributed by atoms with Crippen molar-refractivity contribution in [3.63, 3.8) is 0 Å². The Bertz CT molecular complexity index is 956. The van der Waals surface area contributed by atoms with Crippen LogP contribution in [0.2, 0.25) is 5.02 Å². The summed E-state index contributed by atoms with van der Waals surface area (Å²) in [6, 6.07) is 19.7. The lowest BCUT2D eigenvalue weighted by Gasteiger charge is -2.01. The molecule has 0 bridgehead atoms. The number of fused-ring (bicyclic) bond motifs is 1. The van der Waals surface area contributed by atoms with Crippen LogP contribution in [0.3, 0.4) is 0 Å². The predicted molar refractivity (Wildman–Crippen MR) is 101 cm³/mol. The molecule has 2 aromatic heterocycles. The summed E-state index contributed by atoms with van der Waals surface area (Å²) in [6.07, 6.45) is 0.844. The highest BCUT2D eigenvalue weighted by Gasteiger charge is 2.06. The van der Waals surface area contributed by atoms with E-state index in [1.54, 1.807) is 0 Å². The molecule has 126 valence electrons. The van der Waals surface area contributed by atoms with Gasteiger partial charge in [-0.1, -0.05) is 35.9 Å². The van der Waals surface area contributed by atoms with Gasteiger partial charge in [0, 0.05) is 23.6 Å². The van der Waals surface area contributed by atoms with Gasteiger partial charge < -0.3 is 14.7 Å². The number of furan rings is 1. The Morgan fingerprint density at radius 2 is 1.96 bits per heavy atom. The second-order valence-electron chi connectivity index (χ2n) is 5.90. The summed E-state index contributed by atoms with van der Waals surface area (Å²) in [5.74, 6) is 2.73. The summed E-state index contributed by atoms with van der Waals surface area (Å²) in [7, 11) is 0. The fourth-order valence-corrected chi connectivity index (χ4v) is 3.00. The van der Waals surface area contributed by atoms with Crippen LogP contribution in [0.25, 0.3) is 22.4 Å². The van der Waals surface area contributed by atoms with Gasteiger partial charge in [0.15, 0.2) is 0 Å². The average molecular weight is 352 g/mol. The smallest absolute Gasteiger partial charge is 0.134 e. The van der Waals surface area contributed by atoms with E-state index in [0.29, 0.717) is 11.6 Å². The summed E-state index contributed by atoms with van der Waals surface area (Å²) in [5.41, 5.74) is 3.07. The van der Waals surface area contributed by atoms with E-state index in [-0.39, 0.29) is 0 Å². The number of nitrogens with zero attached hydrogens (tertiary/aromatic N) is 1. The molecule has 0 aliphatic rings. The van der Waals surface area contributed by atoms with E-state index in [1.807, 2.05) is 60.7 Å². The number of imidazole rings is 1. The third kappa shape index (κ3) is 3.76. The predicted octanol–water partition coefficient (Wildman–Crippen LogP) is 4.81. The zero-order valence-corrected chi connectivity index (χ0v) is 14.4. The Morgan fingerprint density at radius 3 is 2.84 bits per heavy atom. The average Bonchev–Trinajstić information content (AvgIpc) is 3.25. The molecule has 2 heterocycles. The molecule has 5 heteroatoms. The van der Waals surface area contributed by atoms with Crippen molar-refractivity contribution in [3.05, 3.63) is 77.3 Å². The fourth-order valence-electron chi connectivity index (χ4n) is 2.81. The first-order chi connectivity index (χ1) is 12.3.